The van der Waals surface area contributed by atoms with Crippen molar-refractivity contribution in [2.24, 2.45) is 0 Å². The summed E-state index contributed by atoms with van der Waals surface area (Å²) in [6, 6.07) is 13.5. The van der Waals surface area contributed by atoms with Crippen LogP contribution >= 0.6 is 0 Å². The first-order chi connectivity index (χ1) is 15.7. The summed E-state index contributed by atoms with van der Waals surface area (Å²) in [5.41, 5.74) is 4.31. The highest BCUT2D eigenvalue weighted by Gasteiger charge is 2.50. The van der Waals surface area contributed by atoms with E-state index in [4.69, 9.17) is 9.84 Å². The van der Waals surface area contributed by atoms with E-state index in [9.17, 15) is 23.2 Å². The van der Waals surface area contributed by atoms with Crippen LogP contribution in [0, 0.1) is 0 Å². The van der Waals surface area contributed by atoms with Crippen molar-refractivity contribution < 1.29 is 33.0 Å². The second-order valence-corrected chi connectivity index (χ2v) is 8.51. The maximum atomic E-state index is 13.6. The topological polar surface area (TPSA) is 95.9 Å². The fraction of sp³-hybridized carbons (Fsp3) is 0.375. The van der Waals surface area contributed by atoms with Gasteiger partial charge in [-0.1, -0.05) is 48.5 Å². The van der Waals surface area contributed by atoms with Gasteiger partial charge < -0.3 is 20.1 Å². The van der Waals surface area contributed by atoms with E-state index >= 15 is 0 Å². The summed E-state index contributed by atoms with van der Waals surface area (Å²) >= 11 is 0. The molecule has 1 saturated heterocycles. The van der Waals surface area contributed by atoms with Gasteiger partial charge in [0.05, 0.1) is 6.54 Å². The van der Waals surface area contributed by atoms with Crippen LogP contribution in [0.2, 0.25) is 0 Å². The summed E-state index contributed by atoms with van der Waals surface area (Å²) in [7, 11) is 0. The zero-order valence-electron chi connectivity index (χ0n) is 18.0. The molecular formula is C24H24F2N2O5. The van der Waals surface area contributed by atoms with Gasteiger partial charge in [-0.05, 0) is 29.2 Å². The van der Waals surface area contributed by atoms with E-state index in [1.165, 1.54) is 6.92 Å². The van der Waals surface area contributed by atoms with Gasteiger partial charge in [-0.15, -0.1) is 0 Å². The Morgan fingerprint density at radius 2 is 1.70 bits per heavy atom. The predicted molar refractivity (Wildman–Crippen MR) is 115 cm³/mol. The number of carboxylic acid groups (broad SMARTS) is 1. The lowest BCUT2D eigenvalue weighted by Crippen LogP contribution is -2.44. The SMILES string of the molecule is C[C@H](CC(=O)N1CC(F)(F)C[C@H]1C(=O)O)NC(=O)OCC1c2ccccc2-c2ccccc21. The average Bonchev–Trinajstić information content (AvgIpc) is 3.26. The summed E-state index contributed by atoms with van der Waals surface area (Å²) in [5, 5.41) is 11.7. The molecular weight excluding hydrogens is 434 g/mol. The largest absolute Gasteiger partial charge is 0.480 e. The number of halogens is 2. The standard InChI is InChI=1S/C24H24F2N2O5/c1-14(10-21(29)28-13-24(25,26)11-20(28)22(30)31)27-23(32)33-12-19-17-8-4-2-6-15(17)16-7-3-5-9-18(16)19/h2-9,14,19-20H,10-13H2,1H3,(H,27,32)(H,30,31)/t14-,20+/m1/s1. The van der Waals surface area contributed by atoms with E-state index in [2.05, 4.69) is 5.32 Å². The maximum absolute atomic E-state index is 13.6. The van der Waals surface area contributed by atoms with Crippen molar-refractivity contribution in [2.45, 2.75) is 43.7 Å². The van der Waals surface area contributed by atoms with Crippen LogP contribution in [0.1, 0.15) is 36.8 Å². The number of carboxylic acids is 1. The summed E-state index contributed by atoms with van der Waals surface area (Å²) in [4.78, 5) is 36.7. The predicted octanol–water partition coefficient (Wildman–Crippen LogP) is 3.62. The lowest BCUT2D eigenvalue weighted by molar-refractivity contribution is -0.148. The molecule has 0 aromatic heterocycles. The van der Waals surface area contributed by atoms with E-state index in [1.54, 1.807) is 0 Å². The van der Waals surface area contributed by atoms with Gasteiger partial charge in [0.25, 0.3) is 5.92 Å². The molecule has 2 aromatic rings. The third kappa shape index (κ3) is 4.67. The van der Waals surface area contributed by atoms with Gasteiger partial charge in [-0.2, -0.15) is 0 Å². The van der Waals surface area contributed by atoms with Crippen LogP contribution in [0.25, 0.3) is 11.1 Å². The van der Waals surface area contributed by atoms with Crippen molar-refractivity contribution in [2.75, 3.05) is 13.2 Å². The van der Waals surface area contributed by atoms with Crippen LogP contribution in [-0.4, -0.2) is 59.1 Å². The number of alkyl carbamates (subject to hydrolysis) is 1. The number of likely N-dealkylation sites (tertiary alicyclic amines) is 1. The molecule has 0 spiro atoms. The third-order valence-electron chi connectivity index (χ3n) is 6.06. The minimum absolute atomic E-state index is 0.0972. The van der Waals surface area contributed by atoms with Crippen molar-refractivity contribution in [3.63, 3.8) is 0 Å². The number of ether oxygens (including phenoxy) is 1. The van der Waals surface area contributed by atoms with Crippen LogP contribution in [0.5, 0.6) is 0 Å². The number of fused-ring (bicyclic) bond motifs is 3. The second-order valence-electron chi connectivity index (χ2n) is 8.51. The van der Waals surface area contributed by atoms with Crippen molar-refractivity contribution >= 4 is 18.0 Å². The lowest BCUT2D eigenvalue weighted by atomic mass is 9.98. The molecule has 0 saturated carbocycles. The Morgan fingerprint density at radius 3 is 2.27 bits per heavy atom. The molecule has 1 aliphatic heterocycles. The first-order valence-electron chi connectivity index (χ1n) is 10.7. The molecule has 33 heavy (non-hydrogen) atoms. The van der Waals surface area contributed by atoms with Crippen molar-refractivity contribution in [1.82, 2.24) is 10.2 Å². The van der Waals surface area contributed by atoms with Crippen molar-refractivity contribution in [3.8, 4) is 11.1 Å². The fourth-order valence-electron chi connectivity index (χ4n) is 4.57. The Hall–Kier alpha value is -3.49. The Bertz CT molecular complexity index is 1040. The summed E-state index contributed by atoms with van der Waals surface area (Å²) in [6.45, 7) is 0.684. The maximum Gasteiger partial charge on any atom is 0.407 e. The number of rotatable bonds is 6. The molecule has 2 aliphatic rings. The van der Waals surface area contributed by atoms with Crippen LogP contribution < -0.4 is 5.32 Å². The zero-order chi connectivity index (χ0) is 23.8. The molecule has 2 N–H and O–H groups in total. The average molecular weight is 458 g/mol. The summed E-state index contributed by atoms with van der Waals surface area (Å²) < 4.78 is 32.7. The lowest BCUT2D eigenvalue weighted by Gasteiger charge is -2.23. The zero-order valence-corrected chi connectivity index (χ0v) is 18.0. The van der Waals surface area contributed by atoms with Gasteiger partial charge in [0.15, 0.2) is 0 Å². The molecule has 2 atom stereocenters. The van der Waals surface area contributed by atoms with Crippen LogP contribution in [-0.2, 0) is 14.3 Å². The number of carbonyl (C=O) groups excluding carboxylic acids is 2. The highest BCUT2D eigenvalue weighted by Crippen LogP contribution is 2.44. The minimum Gasteiger partial charge on any atom is -0.480 e. The molecule has 174 valence electrons. The van der Waals surface area contributed by atoms with E-state index < -0.39 is 48.9 Å². The van der Waals surface area contributed by atoms with Crippen molar-refractivity contribution in [3.05, 3.63) is 59.7 Å². The molecule has 2 amide bonds. The number of hydrogen-bond donors (Lipinski definition) is 2. The van der Waals surface area contributed by atoms with Crippen molar-refractivity contribution in [1.29, 1.82) is 0 Å². The smallest absolute Gasteiger partial charge is 0.407 e. The Morgan fingerprint density at radius 1 is 1.12 bits per heavy atom. The number of benzene rings is 2. The number of amides is 2. The van der Waals surface area contributed by atoms with Gasteiger partial charge >= 0.3 is 12.1 Å². The monoisotopic (exact) mass is 458 g/mol. The Balaban J connectivity index is 1.33. The number of nitrogens with zero attached hydrogens (tertiary/aromatic N) is 1. The molecule has 1 fully saturated rings. The number of nitrogens with one attached hydrogen (secondary N) is 1. The minimum atomic E-state index is -3.25. The Labute approximate surface area is 189 Å². The number of hydrogen-bond acceptors (Lipinski definition) is 4. The highest BCUT2D eigenvalue weighted by molar-refractivity contribution is 5.85. The van der Waals surface area contributed by atoms with E-state index in [0.717, 1.165) is 22.3 Å². The first kappa shape index (κ1) is 22.7. The van der Waals surface area contributed by atoms with Gasteiger partial charge in [0.2, 0.25) is 5.91 Å². The highest BCUT2D eigenvalue weighted by atomic mass is 19.3. The first-order valence-corrected chi connectivity index (χ1v) is 10.7. The molecule has 1 heterocycles. The molecule has 1 aliphatic carbocycles. The van der Waals surface area contributed by atoms with Gasteiger partial charge in [-0.25, -0.2) is 18.4 Å². The van der Waals surface area contributed by atoms with Gasteiger partial charge in [0, 0.05) is 24.8 Å². The fourth-order valence-corrected chi connectivity index (χ4v) is 4.57. The molecule has 0 bridgehead atoms. The molecule has 2 aromatic carbocycles. The van der Waals surface area contributed by atoms with Crippen LogP contribution in [0.15, 0.2) is 48.5 Å². The van der Waals surface area contributed by atoms with Gasteiger partial charge in [-0.3, -0.25) is 4.79 Å². The molecule has 7 nitrogen and oxygen atoms in total. The third-order valence-corrected chi connectivity index (χ3v) is 6.06. The number of carbonyl (C=O) groups is 3. The molecule has 9 heteroatoms. The van der Waals surface area contributed by atoms with Crippen LogP contribution in [0.3, 0.4) is 0 Å². The number of aliphatic carboxylic acids is 1. The second kappa shape index (κ2) is 8.80. The number of alkyl halides is 2. The summed E-state index contributed by atoms with van der Waals surface area (Å²) in [6.07, 6.45) is -1.97. The molecule has 4 rings (SSSR count). The normalized spacial score (nSPS) is 19.5. The van der Waals surface area contributed by atoms with Gasteiger partial charge in [0.1, 0.15) is 12.6 Å². The van der Waals surface area contributed by atoms with E-state index in [1.807, 2.05) is 48.5 Å². The Kier molecular flexibility index (Phi) is 6.05. The summed E-state index contributed by atoms with van der Waals surface area (Å²) in [5.74, 6) is -5.60. The quantitative estimate of drug-likeness (QED) is 0.689. The molecule has 0 radical (unpaired) electrons. The van der Waals surface area contributed by atoms with Crippen LogP contribution in [0.4, 0.5) is 13.6 Å². The van der Waals surface area contributed by atoms with E-state index in [0.29, 0.717) is 4.90 Å². The van der Waals surface area contributed by atoms with E-state index in [-0.39, 0.29) is 18.9 Å². The molecule has 0 unspecified atom stereocenters.